The molecule has 2 aliphatic rings. The lowest BCUT2D eigenvalue weighted by atomic mass is 9.77. The van der Waals surface area contributed by atoms with E-state index in [1.165, 1.54) is 84.7 Å². The lowest BCUT2D eigenvalue weighted by molar-refractivity contribution is 0.423. The monoisotopic (exact) mass is 649 g/mol. The molecule has 0 radical (unpaired) electrons. The zero-order valence-corrected chi connectivity index (χ0v) is 29.9. The van der Waals surface area contributed by atoms with E-state index in [4.69, 9.17) is 0 Å². The van der Waals surface area contributed by atoms with E-state index in [9.17, 15) is 0 Å². The second-order valence-corrected chi connectivity index (χ2v) is 15.2. The maximum atomic E-state index is 2.48. The van der Waals surface area contributed by atoms with Crippen LogP contribution in [0.25, 0.3) is 44.1 Å². The van der Waals surface area contributed by atoms with Crippen LogP contribution in [-0.4, -0.2) is 4.57 Å². The van der Waals surface area contributed by atoms with E-state index in [2.05, 4.69) is 184 Å². The second kappa shape index (κ2) is 13.3. The summed E-state index contributed by atoms with van der Waals surface area (Å²) in [5.41, 5.74) is 14.7. The molecule has 248 valence electrons. The van der Waals surface area contributed by atoms with Crippen LogP contribution in [0.1, 0.15) is 81.5 Å². The van der Waals surface area contributed by atoms with Crippen molar-refractivity contribution in [1.82, 2.24) is 4.57 Å². The van der Waals surface area contributed by atoms with Crippen LogP contribution in [0, 0.1) is 5.92 Å². The van der Waals surface area contributed by atoms with Crippen LogP contribution in [-0.2, 0) is 5.54 Å². The van der Waals surface area contributed by atoms with Gasteiger partial charge in [0.25, 0.3) is 0 Å². The van der Waals surface area contributed by atoms with Crippen LogP contribution in [0.2, 0.25) is 0 Å². The number of para-hydroxylation sites is 1. The van der Waals surface area contributed by atoms with Crippen LogP contribution < -0.4 is 0 Å². The van der Waals surface area contributed by atoms with Crippen LogP contribution >= 0.6 is 0 Å². The number of benzene rings is 5. The summed E-state index contributed by atoms with van der Waals surface area (Å²) in [5.74, 6) is 0.846. The largest absolute Gasteiger partial charge is 0.335 e. The van der Waals surface area contributed by atoms with Crippen LogP contribution in [0.4, 0.5) is 0 Å². The molecular weight excluding hydrogens is 603 g/mol. The first kappa shape index (κ1) is 32.1. The van der Waals surface area contributed by atoms with Crippen molar-refractivity contribution in [3.8, 4) is 11.1 Å². The Labute approximate surface area is 298 Å². The quantitative estimate of drug-likeness (QED) is 0.169. The van der Waals surface area contributed by atoms with Gasteiger partial charge in [-0.05, 0) is 127 Å². The van der Waals surface area contributed by atoms with Gasteiger partial charge in [-0.25, -0.2) is 0 Å². The van der Waals surface area contributed by atoms with Crippen molar-refractivity contribution >= 4 is 33.0 Å². The van der Waals surface area contributed by atoms with E-state index in [0.717, 1.165) is 12.8 Å². The lowest BCUT2D eigenvalue weighted by Crippen LogP contribution is -2.21. The summed E-state index contributed by atoms with van der Waals surface area (Å²) >= 11 is 0. The molecule has 2 atom stereocenters. The van der Waals surface area contributed by atoms with Gasteiger partial charge in [0.1, 0.15) is 0 Å². The molecule has 1 heterocycles. The van der Waals surface area contributed by atoms with Crippen LogP contribution in [0.15, 0.2) is 157 Å². The second-order valence-electron chi connectivity index (χ2n) is 15.2. The van der Waals surface area contributed by atoms with E-state index in [-0.39, 0.29) is 5.54 Å². The number of hydrogen-bond donors (Lipinski definition) is 0. The summed E-state index contributed by atoms with van der Waals surface area (Å²) in [6.07, 6.45) is 16.6. The van der Waals surface area contributed by atoms with E-state index in [1.807, 2.05) is 0 Å². The highest BCUT2D eigenvalue weighted by atomic mass is 15.0. The molecule has 2 aliphatic carbocycles. The Hall–Kier alpha value is -5.14. The molecule has 6 aromatic rings. The number of allylic oxidation sites excluding steroid dienone is 7. The summed E-state index contributed by atoms with van der Waals surface area (Å²) in [6.45, 7) is 9.28. The topological polar surface area (TPSA) is 4.93 Å². The van der Waals surface area contributed by atoms with E-state index in [0.29, 0.717) is 11.8 Å². The highest BCUT2D eigenvalue weighted by molar-refractivity contribution is 6.09. The molecule has 0 fully saturated rings. The molecule has 1 aromatic heterocycles. The Balaban J connectivity index is 1.04. The fourth-order valence-corrected chi connectivity index (χ4v) is 8.35. The SMILES string of the molecule is CC(c1ccccc1/C(=C1/C=CCCC1)c1ccccc1)C1C=CC(c2ccc(-c3ccc4c(c3)c3ccccc3n4C(C)(C)C)cc2)=CC1. The van der Waals surface area contributed by atoms with Crippen molar-refractivity contribution < 1.29 is 0 Å². The lowest BCUT2D eigenvalue weighted by Gasteiger charge is -2.27. The third-order valence-corrected chi connectivity index (χ3v) is 10.9. The standard InChI is InChI=1S/C49H47N/c1-34(42-19-11-12-21-44(42)48(39-15-7-5-8-16-39)40-17-9-6-10-18-40)35-23-25-36(26-24-35)37-27-29-38(30-28-37)41-31-32-47-45(33-41)43-20-13-14-22-46(43)50(47)49(2,3)4/h5,7-9,11-17,19-23,25-35H,6,10,18,24H2,1-4H3/b48-40-. The van der Waals surface area contributed by atoms with Crippen molar-refractivity contribution in [3.05, 3.63) is 180 Å². The number of hydrogen-bond acceptors (Lipinski definition) is 0. The van der Waals surface area contributed by atoms with Crippen LogP contribution in [0.3, 0.4) is 0 Å². The first-order valence-corrected chi connectivity index (χ1v) is 18.4. The molecule has 0 aliphatic heterocycles. The van der Waals surface area contributed by atoms with Crippen molar-refractivity contribution in [3.63, 3.8) is 0 Å². The zero-order chi connectivity index (χ0) is 34.2. The fourth-order valence-electron chi connectivity index (χ4n) is 8.35. The molecule has 0 bridgehead atoms. The first-order valence-electron chi connectivity index (χ1n) is 18.4. The summed E-state index contributed by atoms with van der Waals surface area (Å²) in [6, 6.07) is 45.1. The molecule has 0 spiro atoms. The number of nitrogens with zero attached hydrogens (tertiary/aromatic N) is 1. The Morgan fingerprint density at radius 3 is 2.14 bits per heavy atom. The minimum Gasteiger partial charge on any atom is -0.335 e. The third-order valence-electron chi connectivity index (χ3n) is 10.9. The highest BCUT2D eigenvalue weighted by Crippen LogP contribution is 2.41. The minimum absolute atomic E-state index is 0.00109. The van der Waals surface area contributed by atoms with Gasteiger partial charge < -0.3 is 4.57 Å². The molecule has 1 heteroatoms. The molecule has 5 aromatic carbocycles. The Morgan fingerprint density at radius 1 is 0.700 bits per heavy atom. The summed E-state index contributed by atoms with van der Waals surface area (Å²) in [4.78, 5) is 0. The molecule has 50 heavy (non-hydrogen) atoms. The molecule has 2 unspecified atom stereocenters. The van der Waals surface area contributed by atoms with Gasteiger partial charge >= 0.3 is 0 Å². The maximum absolute atomic E-state index is 2.48. The van der Waals surface area contributed by atoms with Gasteiger partial charge in [-0.15, -0.1) is 0 Å². The Bertz CT molecular complexity index is 2300. The molecule has 0 saturated carbocycles. The molecular formula is C49H47N. The number of fused-ring (bicyclic) bond motifs is 3. The van der Waals surface area contributed by atoms with Gasteiger partial charge in [-0.1, -0.05) is 140 Å². The van der Waals surface area contributed by atoms with Gasteiger partial charge in [0, 0.05) is 27.3 Å². The van der Waals surface area contributed by atoms with Gasteiger partial charge in [-0.2, -0.15) is 0 Å². The Morgan fingerprint density at radius 2 is 1.40 bits per heavy atom. The van der Waals surface area contributed by atoms with E-state index in [1.54, 1.807) is 0 Å². The van der Waals surface area contributed by atoms with Gasteiger partial charge in [-0.3, -0.25) is 0 Å². The number of aromatic nitrogens is 1. The van der Waals surface area contributed by atoms with Gasteiger partial charge in [0.05, 0.1) is 0 Å². The van der Waals surface area contributed by atoms with E-state index < -0.39 is 0 Å². The predicted molar refractivity (Wildman–Crippen MR) is 215 cm³/mol. The number of rotatable bonds is 6. The maximum Gasteiger partial charge on any atom is 0.0496 e. The molecule has 8 rings (SSSR count). The van der Waals surface area contributed by atoms with Crippen molar-refractivity contribution in [1.29, 1.82) is 0 Å². The normalized spacial score (nSPS) is 18.0. The zero-order valence-electron chi connectivity index (χ0n) is 29.9. The van der Waals surface area contributed by atoms with Crippen LogP contribution in [0.5, 0.6) is 0 Å². The summed E-state index contributed by atoms with van der Waals surface area (Å²) in [5, 5.41) is 2.64. The van der Waals surface area contributed by atoms with Gasteiger partial charge in [0.15, 0.2) is 0 Å². The highest BCUT2D eigenvalue weighted by Gasteiger charge is 2.24. The van der Waals surface area contributed by atoms with Crippen molar-refractivity contribution in [2.45, 2.75) is 64.8 Å². The molecule has 0 amide bonds. The van der Waals surface area contributed by atoms with E-state index >= 15 is 0 Å². The average molecular weight is 650 g/mol. The van der Waals surface area contributed by atoms with Crippen molar-refractivity contribution in [2.24, 2.45) is 5.92 Å². The third kappa shape index (κ3) is 6.00. The average Bonchev–Trinajstić information content (AvgIpc) is 3.50. The molecule has 0 N–H and O–H groups in total. The first-order chi connectivity index (χ1) is 24.4. The minimum atomic E-state index is 0.00109. The molecule has 0 saturated heterocycles. The molecule has 1 nitrogen and oxygen atoms in total. The fraction of sp³-hybridized carbons (Fsp3) is 0.224. The summed E-state index contributed by atoms with van der Waals surface area (Å²) < 4.78 is 2.48. The van der Waals surface area contributed by atoms with Crippen molar-refractivity contribution in [2.75, 3.05) is 0 Å². The summed E-state index contributed by atoms with van der Waals surface area (Å²) in [7, 11) is 0. The smallest absolute Gasteiger partial charge is 0.0496 e. The van der Waals surface area contributed by atoms with Gasteiger partial charge in [0.2, 0.25) is 0 Å². The predicted octanol–water partition coefficient (Wildman–Crippen LogP) is 13.5. The Kier molecular flexibility index (Phi) is 8.53.